The normalized spacial score (nSPS) is 16.2. The Bertz CT molecular complexity index is 251. The Morgan fingerprint density at radius 2 is 2.07 bits per heavy atom. The van der Waals surface area contributed by atoms with Gasteiger partial charge in [0, 0.05) is 12.0 Å². The summed E-state index contributed by atoms with van der Waals surface area (Å²) < 4.78 is 0. The molecular weight excluding hydrogens is 196 g/mol. The molecule has 0 bridgehead atoms. The fourth-order valence-electron chi connectivity index (χ4n) is 0.930. The molecule has 0 aliphatic heterocycles. The molecule has 0 saturated carbocycles. The lowest BCUT2D eigenvalue weighted by molar-refractivity contribution is -0.142. The summed E-state index contributed by atoms with van der Waals surface area (Å²) in [4.78, 5) is 22.2. The highest BCUT2D eigenvalue weighted by molar-refractivity contribution is 5.85. The van der Waals surface area contributed by atoms with E-state index in [1.54, 1.807) is 13.8 Å². The first-order valence-corrected chi connectivity index (χ1v) is 4.79. The maximum absolute atomic E-state index is 11.5. The minimum atomic E-state index is -1.07. The van der Waals surface area contributed by atoms with Crippen molar-refractivity contribution in [3.63, 3.8) is 0 Å². The van der Waals surface area contributed by atoms with Crippen molar-refractivity contribution in [2.24, 2.45) is 11.7 Å². The molecule has 0 aromatic carbocycles. The Morgan fingerprint density at radius 3 is 2.40 bits per heavy atom. The van der Waals surface area contributed by atoms with Crippen LogP contribution in [0.15, 0.2) is 12.7 Å². The maximum Gasteiger partial charge on any atom is 0.326 e. The molecule has 5 heteroatoms. The highest BCUT2D eigenvalue weighted by Gasteiger charge is 2.23. The van der Waals surface area contributed by atoms with E-state index in [1.165, 1.54) is 6.08 Å². The second-order valence-electron chi connectivity index (χ2n) is 3.57. The monoisotopic (exact) mass is 214 g/mol. The van der Waals surface area contributed by atoms with Gasteiger partial charge in [-0.25, -0.2) is 4.79 Å². The Labute approximate surface area is 89.3 Å². The lowest BCUT2D eigenvalue weighted by Crippen LogP contribution is -2.46. The zero-order valence-electron chi connectivity index (χ0n) is 9.06. The maximum atomic E-state index is 11.5. The summed E-state index contributed by atoms with van der Waals surface area (Å²) in [6.45, 7) is 6.79. The van der Waals surface area contributed by atoms with Crippen LogP contribution in [0.2, 0.25) is 0 Å². The van der Waals surface area contributed by atoms with Crippen LogP contribution in [0.1, 0.15) is 20.3 Å². The number of carbonyl (C=O) groups excluding carboxylic acids is 1. The molecule has 0 heterocycles. The van der Waals surface area contributed by atoms with Crippen LogP contribution >= 0.6 is 0 Å². The molecule has 1 amide bonds. The zero-order chi connectivity index (χ0) is 12.0. The highest BCUT2D eigenvalue weighted by atomic mass is 16.4. The van der Waals surface area contributed by atoms with Crippen molar-refractivity contribution in [3.05, 3.63) is 12.7 Å². The smallest absolute Gasteiger partial charge is 0.326 e. The van der Waals surface area contributed by atoms with Crippen molar-refractivity contribution in [1.82, 2.24) is 5.32 Å². The fourth-order valence-corrected chi connectivity index (χ4v) is 0.930. The molecule has 3 atom stereocenters. The third kappa shape index (κ3) is 4.60. The standard InChI is InChI=1S/C10H18N2O3/c1-4-5-8(10(14)15)12-9(13)6(2)7(3)11/h4,6-8H,1,5,11H2,2-3H3,(H,12,13)(H,14,15). The number of hydrogen-bond acceptors (Lipinski definition) is 3. The van der Waals surface area contributed by atoms with Crippen LogP contribution in [0.25, 0.3) is 0 Å². The second-order valence-corrected chi connectivity index (χ2v) is 3.57. The van der Waals surface area contributed by atoms with Gasteiger partial charge in [-0.2, -0.15) is 0 Å². The van der Waals surface area contributed by atoms with Gasteiger partial charge in [-0.1, -0.05) is 13.0 Å². The highest BCUT2D eigenvalue weighted by Crippen LogP contribution is 2.02. The van der Waals surface area contributed by atoms with E-state index in [-0.39, 0.29) is 18.4 Å². The van der Waals surface area contributed by atoms with Gasteiger partial charge in [0.15, 0.2) is 0 Å². The number of carboxylic acid groups (broad SMARTS) is 1. The molecule has 0 fully saturated rings. The van der Waals surface area contributed by atoms with Crippen molar-refractivity contribution < 1.29 is 14.7 Å². The SMILES string of the molecule is C=CCC(NC(=O)C(C)C(C)N)C(=O)O. The number of rotatable bonds is 6. The summed E-state index contributed by atoms with van der Waals surface area (Å²) in [5, 5.41) is 11.2. The van der Waals surface area contributed by atoms with Crippen LogP contribution in [-0.4, -0.2) is 29.1 Å². The van der Waals surface area contributed by atoms with Gasteiger partial charge in [-0.15, -0.1) is 6.58 Å². The van der Waals surface area contributed by atoms with Crippen molar-refractivity contribution in [2.75, 3.05) is 0 Å². The number of carboxylic acids is 1. The Hall–Kier alpha value is -1.36. The first-order valence-electron chi connectivity index (χ1n) is 4.79. The van der Waals surface area contributed by atoms with E-state index in [2.05, 4.69) is 11.9 Å². The summed E-state index contributed by atoms with van der Waals surface area (Å²) in [6.07, 6.45) is 1.66. The first kappa shape index (κ1) is 13.6. The summed E-state index contributed by atoms with van der Waals surface area (Å²) >= 11 is 0. The van der Waals surface area contributed by atoms with Crippen molar-refractivity contribution >= 4 is 11.9 Å². The quantitative estimate of drug-likeness (QED) is 0.547. The van der Waals surface area contributed by atoms with Gasteiger partial charge in [-0.05, 0) is 13.3 Å². The molecule has 0 aromatic heterocycles. The van der Waals surface area contributed by atoms with E-state index in [4.69, 9.17) is 10.8 Å². The molecule has 0 aliphatic carbocycles. The second kappa shape index (κ2) is 6.19. The van der Waals surface area contributed by atoms with Crippen LogP contribution in [-0.2, 0) is 9.59 Å². The van der Waals surface area contributed by atoms with E-state index in [9.17, 15) is 9.59 Å². The molecule has 0 aromatic rings. The van der Waals surface area contributed by atoms with Gasteiger partial charge in [0.05, 0.1) is 0 Å². The Kier molecular flexibility index (Phi) is 5.62. The van der Waals surface area contributed by atoms with E-state index < -0.39 is 17.9 Å². The number of hydrogen-bond donors (Lipinski definition) is 3. The largest absolute Gasteiger partial charge is 0.480 e. The number of aliphatic carboxylic acids is 1. The van der Waals surface area contributed by atoms with Gasteiger partial charge < -0.3 is 16.2 Å². The number of amides is 1. The van der Waals surface area contributed by atoms with E-state index in [0.29, 0.717) is 0 Å². The number of carbonyl (C=O) groups is 2. The molecule has 0 aliphatic rings. The summed E-state index contributed by atoms with van der Waals surface area (Å²) in [7, 11) is 0. The molecule has 0 radical (unpaired) electrons. The third-order valence-corrected chi connectivity index (χ3v) is 2.22. The van der Waals surface area contributed by atoms with Crippen molar-refractivity contribution in [2.45, 2.75) is 32.4 Å². The minimum Gasteiger partial charge on any atom is -0.480 e. The van der Waals surface area contributed by atoms with Crippen molar-refractivity contribution in [1.29, 1.82) is 0 Å². The molecule has 0 rings (SSSR count). The molecule has 0 saturated heterocycles. The summed E-state index contributed by atoms with van der Waals surface area (Å²) in [6, 6.07) is -1.22. The van der Waals surface area contributed by atoms with Crippen LogP contribution < -0.4 is 11.1 Å². The van der Waals surface area contributed by atoms with Crippen LogP contribution in [0, 0.1) is 5.92 Å². The molecule has 3 unspecified atom stereocenters. The Morgan fingerprint density at radius 1 is 1.53 bits per heavy atom. The average molecular weight is 214 g/mol. The van der Waals surface area contributed by atoms with E-state index >= 15 is 0 Å². The molecule has 0 spiro atoms. The van der Waals surface area contributed by atoms with Gasteiger partial charge in [0.25, 0.3) is 0 Å². The third-order valence-electron chi connectivity index (χ3n) is 2.22. The van der Waals surface area contributed by atoms with Gasteiger partial charge in [0.1, 0.15) is 6.04 Å². The fraction of sp³-hybridized carbons (Fsp3) is 0.600. The van der Waals surface area contributed by atoms with Gasteiger partial charge in [-0.3, -0.25) is 4.79 Å². The zero-order valence-corrected chi connectivity index (χ0v) is 9.06. The topological polar surface area (TPSA) is 92.4 Å². The minimum absolute atomic E-state index is 0.201. The molecule has 4 N–H and O–H groups in total. The summed E-state index contributed by atoms with van der Waals surface area (Å²) in [5.74, 6) is -1.82. The molecule has 86 valence electrons. The van der Waals surface area contributed by atoms with Gasteiger partial charge >= 0.3 is 5.97 Å². The first-order chi connectivity index (χ1) is 6.90. The lowest BCUT2D eigenvalue weighted by Gasteiger charge is -2.18. The van der Waals surface area contributed by atoms with Crippen LogP contribution in [0.3, 0.4) is 0 Å². The summed E-state index contributed by atoms with van der Waals surface area (Å²) in [5.41, 5.74) is 5.53. The van der Waals surface area contributed by atoms with E-state index in [1.807, 2.05) is 0 Å². The van der Waals surface area contributed by atoms with Crippen molar-refractivity contribution in [3.8, 4) is 0 Å². The Balaban J connectivity index is 4.34. The lowest BCUT2D eigenvalue weighted by atomic mass is 10.0. The predicted molar refractivity (Wildman–Crippen MR) is 57.2 cm³/mol. The van der Waals surface area contributed by atoms with Gasteiger partial charge in [0.2, 0.25) is 5.91 Å². The number of nitrogens with one attached hydrogen (secondary N) is 1. The molecule has 15 heavy (non-hydrogen) atoms. The van der Waals surface area contributed by atoms with Crippen LogP contribution in [0.4, 0.5) is 0 Å². The van der Waals surface area contributed by atoms with Crippen LogP contribution in [0.5, 0.6) is 0 Å². The predicted octanol–water partition coefficient (Wildman–Crippen LogP) is 0.115. The van der Waals surface area contributed by atoms with E-state index in [0.717, 1.165) is 0 Å². The molecule has 5 nitrogen and oxygen atoms in total. The molecular formula is C10H18N2O3. The number of nitrogens with two attached hydrogens (primary N) is 1. The average Bonchev–Trinajstić information content (AvgIpc) is 2.15.